The number of carbonyl (C=O) groups is 11. The number of ether oxygens (including phenoxy) is 4. The number of nitrogens with zero attached hydrogens (tertiary/aromatic N) is 2. The lowest BCUT2D eigenvalue weighted by molar-refractivity contribution is -0.162. The highest BCUT2D eigenvalue weighted by Gasteiger charge is 2.64. The van der Waals surface area contributed by atoms with E-state index in [1.807, 2.05) is 38.1 Å². The van der Waals surface area contributed by atoms with Crippen molar-refractivity contribution in [1.29, 1.82) is 0 Å². The van der Waals surface area contributed by atoms with Crippen molar-refractivity contribution in [3.05, 3.63) is 52.1 Å². The summed E-state index contributed by atoms with van der Waals surface area (Å²) in [5.74, 6) is -5.92. The number of carboxylic acid groups (broad SMARTS) is 1. The summed E-state index contributed by atoms with van der Waals surface area (Å²) in [6.45, 7) is 14.6. The maximum Gasteiger partial charge on any atom is 0.409 e. The minimum Gasteiger partial charge on any atom is -0.480 e. The number of unbranched alkanes of at least 4 members (excludes halogenated alkanes) is 2. The molecule has 1 saturated carbocycles. The maximum absolute atomic E-state index is 14.4. The van der Waals surface area contributed by atoms with Crippen molar-refractivity contribution in [3.63, 3.8) is 0 Å². The summed E-state index contributed by atoms with van der Waals surface area (Å²) in [5.41, 5.74) is 0.0580. The van der Waals surface area contributed by atoms with Gasteiger partial charge in [0.15, 0.2) is 0 Å². The lowest BCUT2D eigenvalue weighted by Gasteiger charge is -2.41. The summed E-state index contributed by atoms with van der Waals surface area (Å²) in [7, 11) is 2.98. The molecule has 1 aliphatic carbocycles. The molecule has 6 amide bonds. The standard InChI is InChI=1S/C66H97ClN6O17S/c1-11-55(77)68-26-28-87-27-24-49(75)33-48(61(81)70-37-42(5)74)18-13-12-14-19-51(76)47-22-20-45(21-23-47)38-69-56(78)34-53(62(82)83)91-29-25-57(79)72(9)44(7)63(84)89-54-35-58(80)73(10)50-32-46(31-40(3)59(50)67)30-39(2)16-15-17-41(4)66(86)36-52(88-64(85)71-66)43(6)60-65(54,8)90-60/h15-17,31-32,41,43-45,47-48,52-54,60,86H,11-14,18-30,33-38H2,1-10H3,(H,68,77)(H,69,78)(H,70,81)(H,71,85)(H,82,83)/b17-15+,39-16+/t41?,43-,44+,45?,47?,48?,52?,53?,54+,60+,65+,66+/m1/s1. The molecular formula is C66H97ClN6O17S. The van der Waals surface area contributed by atoms with E-state index < -0.39 is 94.4 Å². The fourth-order valence-corrected chi connectivity index (χ4v) is 13.1. The number of aryl methyl sites for hydroxylation is 1. The zero-order valence-corrected chi connectivity index (χ0v) is 56.2. The molecule has 5 rings (SSSR count). The Morgan fingerprint density at radius 1 is 0.945 bits per heavy atom. The Bertz CT molecular complexity index is 2840. The monoisotopic (exact) mass is 1310 g/mol. The van der Waals surface area contributed by atoms with Crippen LogP contribution in [0.3, 0.4) is 0 Å². The molecule has 3 fully saturated rings. The van der Waals surface area contributed by atoms with Crippen molar-refractivity contribution in [1.82, 2.24) is 26.2 Å². The highest BCUT2D eigenvalue weighted by Crippen LogP contribution is 2.49. The van der Waals surface area contributed by atoms with E-state index in [1.54, 1.807) is 40.8 Å². The van der Waals surface area contributed by atoms with Crippen LogP contribution in [-0.2, 0) is 73.3 Å². The third-order valence-corrected chi connectivity index (χ3v) is 19.8. The van der Waals surface area contributed by atoms with Crippen molar-refractivity contribution >= 4 is 94.0 Å². The number of aliphatic carboxylic acids is 1. The zero-order valence-electron chi connectivity index (χ0n) is 54.6. The van der Waals surface area contributed by atoms with Gasteiger partial charge in [-0.15, -0.1) is 11.8 Å². The average molecular weight is 1310 g/mol. The van der Waals surface area contributed by atoms with Crippen LogP contribution in [0.1, 0.15) is 162 Å². The predicted molar refractivity (Wildman–Crippen MR) is 343 cm³/mol. The Kier molecular flexibility index (Phi) is 29.6. The number of hydrogen-bond donors (Lipinski definition) is 6. The number of amides is 6. The first-order chi connectivity index (χ1) is 43.0. The van der Waals surface area contributed by atoms with E-state index in [-0.39, 0.29) is 105 Å². The second kappa shape index (κ2) is 35.7. The highest BCUT2D eigenvalue weighted by atomic mass is 35.5. The van der Waals surface area contributed by atoms with Crippen LogP contribution in [0, 0.1) is 36.5 Å². The number of likely N-dealkylation sites (N-methyl/N-ethyl adjacent to an activating group) is 1. The van der Waals surface area contributed by atoms with Gasteiger partial charge in [0.1, 0.15) is 52.2 Å². The van der Waals surface area contributed by atoms with Gasteiger partial charge in [-0.1, -0.05) is 75.1 Å². The zero-order chi connectivity index (χ0) is 67.3. The van der Waals surface area contributed by atoms with Gasteiger partial charge >= 0.3 is 18.0 Å². The SMILES string of the molecule is CCC(=O)NCCOCCC(=O)CC(CCCCCC(=O)C1CCC(CNC(=O)CC(SCCC(=O)N(C)[C@@H](C)C(=O)O[C@H]2CC(=O)N(C)c3cc(cc(C)c3Cl)C/C(C)=C/C=C/C(C)[C@@]3(O)CC(OC(=O)N3)[C@@H](C)[C@@H]3O[C@@]23C)C(=O)O)CC1)C(=O)NCC(C)=O. The number of allylic oxidation sites excluding steroid dienone is 3. The number of nitrogens with one attached hydrogen (secondary N) is 4. The molecule has 91 heavy (non-hydrogen) atoms. The summed E-state index contributed by atoms with van der Waals surface area (Å²) in [4.78, 5) is 145. The number of Topliss-reactive ketones (excluding diaryl/α,β-unsaturated/α-hetero) is 3. The quantitative estimate of drug-likeness (QED) is 0.0246. The third-order valence-electron chi connectivity index (χ3n) is 18.1. The molecule has 0 radical (unpaired) electrons. The first-order valence-electron chi connectivity index (χ1n) is 32.0. The smallest absolute Gasteiger partial charge is 0.409 e. The topological polar surface area (TPSA) is 323 Å². The van der Waals surface area contributed by atoms with Gasteiger partial charge in [-0.3, -0.25) is 48.5 Å². The van der Waals surface area contributed by atoms with E-state index in [0.29, 0.717) is 94.4 Å². The molecule has 6 N–H and O–H groups in total. The number of anilines is 1. The number of hydrogen-bond acceptors (Lipinski definition) is 17. The second-order valence-electron chi connectivity index (χ2n) is 25.3. The minimum absolute atomic E-state index is 0.000942. The highest BCUT2D eigenvalue weighted by molar-refractivity contribution is 8.00. The first-order valence-corrected chi connectivity index (χ1v) is 33.4. The van der Waals surface area contributed by atoms with Gasteiger partial charge in [0.2, 0.25) is 29.5 Å². The number of carbonyl (C=O) groups excluding carboxylic acids is 10. The minimum atomic E-state index is -1.68. The number of ketones is 3. The first kappa shape index (κ1) is 75.5. The molecular weight excluding hydrogens is 1220 g/mol. The fourth-order valence-electron chi connectivity index (χ4n) is 11.8. The van der Waals surface area contributed by atoms with E-state index in [1.165, 1.54) is 30.7 Å². The molecule has 4 aliphatic rings. The van der Waals surface area contributed by atoms with Crippen molar-refractivity contribution in [2.45, 2.75) is 205 Å². The van der Waals surface area contributed by atoms with Crippen LogP contribution in [0.2, 0.25) is 5.02 Å². The molecule has 3 aliphatic heterocycles. The molecule has 1 aromatic rings. The van der Waals surface area contributed by atoms with E-state index in [0.717, 1.165) is 28.5 Å². The molecule has 25 heteroatoms. The third kappa shape index (κ3) is 23.1. The number of epoxide rings is 1. The summed E-state index contributed by atoms with van der Waals surface area (Å²) >= 11 is 7.76. The van der Waals surface area contributed by atoms with Crippen LogP contribution in [-0.4, -0.2) is 174 Å². The molecule has 2 saturated heterocycles. The number of carboxylic acids is 1. The van der Waals surface area contributed by atoms with Gasteiger partial charge in [-0.2, -0.15) is 0 Å². The van der Waals surface area contributed by atoms with Crippen molar-refractivity contribution < 1.29 is 81.9 Å². The largest absolute Gasteiger partial charge is 0.480 e. The molecule has 3 heterocycles. The van der Waals surface area contributed by atoms with Crippen LogP contribution in [0.4, 0.5) is 10.5 Å². The Hall–Kier alpha value is -6.21. The van der Waals surface area contributed by atoms with Crippen LogP contribution < -0.4 is 26.2 Å². The van der Waals surface area contributed by atoms with Crippen molar-refractivity contribution in [3.8, 4) is 0 Å². The Balaban J connectivity index is 1.07. The predicted octanol–water partition coefficient (Wildman–Crippen LogP) is 7.06. The van der Waals surface area contributed by atoms with Gasteiger partial charge < -0.3 is 54.9 Å². The van der Waals surface area contributed by atoms with Crippen molar-refractivity contribution in [2.24, 2.45) is 29.6 Å². The molecule has 10 atom stereocenters. The molecule has 0 spiro atoms. The van der Waals surface area contributed by atoms with E-state index in [9.17, 15) is 63.0 Å². The number of alkyl carbamates (subject to hydrolysis) is 1. The number of esters is 1. The second-order valence-corrected chi connectivity index (χ2v) is 27.0. The molecule has 4 bridgehead atoms. The number of rotatable bonds is 31. The summed E-state index contributed by atoms with van der Waals surface area (Å²) in [5, 5.41) is 31.8. The van der Waals surface area contributed by atoms with E-state index >= 15 is 0 Å². The summed E-state index contributed by atoms with van der Waals surface area (Å²) in [6.07, 6.45) is 7.42. The summed E-state index contributed by atoms with van der Waals surface area (Å²) in [6, 6.07) is 2.58. The van der Waals surface area contributed by atoms with Gasteiger partial charge in [0.05, 0.1) is 43.0 Å². The van der Waals surface area contributed by atoms with Crippen LogP contribution in [0.5, 0.6) is 0 Å². The van der Waals surface area contributed by atoms with Gasteiger partial charge in [-0.25, -0.2) is 9.59 Å². The Morgan fingerprint density at radius 2 is 1.66 bits per heavy atom. The maximum atomic E-state index is 14.4. The Labute approximate surface area is 544 Å². The average Bonchev–Trinajstić information content (AvgIpc) is 1.64. The van der Waals surface area contributed by atoms with E-state index in [2.05, 4.69) is 21.3 Å². The number of halogens is 1. The fraction of sp³-hybridized carbons (Fsp3) is 0.682. The van der Waals surface area contributed by atoms with E-state index in [4.69, 9.17) is 30.5 Å². The summed E-state index contributed by atoms with van der Waals surface area (Å²) < 4.78 is 23.7. The molecule has 1 aromatic carbocycles. The van der Waals surface area contributed by atoms with Gasteiger partial charge in [0.25, 0.3) is 0 Å². The number of fused-ring (bicyclic) bond motifs is 5. The molecule has 0 aromatic heterocycles. The van der Waals surface area contributed by atoms with Crippen molar-refractivity contribution in [2.75, 3.05) is 57.6 Å². The Morgan fingerprint density at radius 3 is 2.34 bits per heavy atom. The molecule has 4 unspecified atom stereocenters. The normalized spacial score (nSPS) is 26.1. The van der Waals surface area contributed by atoms with Crippen LogP contribution >= 0.6 is 23.4 Å². The lowest BCUT2D eigenvalue weighted by Crippen LogP contribution is -2.60. The number of benzene rings is 1. The number of thioether (sulfide) groups is 1. The van der Waals surface area contributed by atoms with Gasteiger partial charge in [-0.05, 0) is 103 Å². The van der Waals surface area contributed by atoms with Crippen LogP contribution in [0.15, 0.2) is 35.9 Å². The van der Waals surface area contributed by atoms with Crippen LogP contribution in [0.25, 0.3) is 0 Å². The molecule has 506 valence electrons. The molecule has 23 nitrogen and oxygen atoms in total. The lowest BCUT2D eigenvalue weighted by atomic mass is 9.79. The number of aliphatic hydroxyl groups is 1. The van der Waals surface area contributed by atoms with Gasteiger partial charge in [0, 0.05) is 102 Å².